The number of aliphatic hydroxyl groups is 1. The lowest BCUT2D eigenvalue weighted by Gasteiger charge is -2.39. The molecule has 0 bridgehead atoms. The number of hydrogen-bond acceptors (Lipinski definition) is 8. The zero-order chi connectivity index (χ0) is 23.5. The van der Waals surface area contributed by atoms with Gasteiger partial charge in [-0.15, -0.1) is 0 Å². The van der Waals surface area contributed by atoms with Crippen LogP contribution in [-0.4, -0.2) is 97.1 Å². The maximum Gasteiger partial charge on any atom is 0.251 e. The Balaban J connectivity index is 1.36. The van der Waals surface area contributed by atoms with Crippen molar-refractivity contribution in [2.24, 2.45) is 0 Å². The molecule has 11 heteroatoms. The minimum absolute atomic E-state index is 0.0872. The van der Waals surface area contributed by atoms with Gasteiger partial charge in [0.05, 0.1) is 16.7 Å². The molecule has 0 aliphatic carbocycles. The van der Waals surface area contributed by atoms with Gasteiger partial charge in [0.25, 0.3) is 5.91 Å². The van der Waals surface area contributed by atoms with Crippen molar-refractivity contribution in [3.63, 3.8) is 0 Å². The van der Waals surface area contributed by atoms with Gasteiger partial charge in [-0.2, -0.15) is 4.31 Å². The minimum Gasteiger partial charge on any atom is -0.386 e. The highest BCUT2D eigenvalue weighted by Crippen LogP contribution is 2.24. The van der Waals surface area contributed by atoms with E-state index in [1.165, 1.54) is 28.6 Å². The van der Waals surface area contributed by atoms with E-state index >= 15 is 0 Å². The molecule has 0 spiro atoms. The SMILES string of the molecule is CN1CCN(S(=O)(=O)c2ccc(C(=O)NCC3(O)CCCN(c4cnccn4)C3)cc2)CC1. The molecule has 0 saturated carbocycles. The molecule has 33 heavy (non-hydrogen) atoms. The fourth-order valence-corrected chi connectivity index (χ4v) is 5.63. The van der Waals surface area contributed by atoms with E-state index in [4.69, 9.17) is 0 Å². The monoisotopic (exact) mass is 474 g/mol. The summed E-state index contributed by atoms with van der Waals surface area (Å²) in [4.78, 5) is 25.2. The number of hydrogen-bond donors (Lipinski definition) is 2. The minimum atomic E-state index is -3.58. The third-order valence-electron chi connectivity index (χ3n) is 6.22. The molecule has 2 aromatic rings. The van der Waals surface area contributed by atoms with Crippen molar-refractivity contribution >= 4 is 21.7 Å². The number of sulfonamides is 1. The first-order chi connectivity index (χ1) is 15.8. The smallest absolute Gasteiger partial charge is 0.251 e. The van der Waals surface area contributed by atoms with Gasteiger partial charge in [0.1, 0.15) is 5.82 Å². The van der Waals surface area contributed by atoms with Crippen molar-refractivity contribution in [2.45, 2.75) is 23.3 Å². The number of carbonyl (C=O) groups excluding carboxylic acids is 1. The maximum atomic E-state index is 12.9. The number of rotatable bonds is 6. The highest BCUT2D eigenvalue weighted by molar-refractivity contribution is 7.89. The van der Waals surface area contributed by atoms with E-state index in [9.17, 15) is 18.3 Å². The highest BCUT2D eigenvalue weighted by Gasteiger charge is 2.34. The van der Waals surface area contributed by atoms with Gasteiger partial charge in [-0.1, -0.05) is 0 Å². The number of amides is 1. The Bertz CT molecular complexity index is 1060. The quantitative estimate of drug-likeness (QED) is 0.608. The molecule has 178 valence electrons. The largest absolute Gasteiger partial charge is 0.386 e. The Morgan fingerprint density at radius 1 is 1.12 bits per heavy atom. The lowest BCUT2D eigenvalue weighted by molar-refractivity contribution is 0.0254. The second-order valence-electron chi connectivity index (χ2n) is 8.73. The fourth-order valence-electron chi connectivity index (χ4n) is 4.21. The Morgan fingerprint density at radius 2 is 1.85 bits per heavy atom. The van der Waals surface area contributed by atoms with Crippen molar-refractivity contribution in [1.29, 1.82) is 0 Å². The first-order valence-electron chi connectivity index (χ1n) is 11.1. The number of nitrogens with one attached hydrogen (secondary N) is 1. The summed E-state index contributed by atoms with van der Waals surface area (Å²) in [5.41, 5.74) is -0.742. The molecule has 1 amide bonds. The first kappa shape index (κ1) is 23.6. The number of β-amino-alcohol motifs (C(OH)–C–C–N with tert-alkyl or cyclic N) is 1. The summed E-state index contributed by atoms with van der Waals surface area (Å²) in [6.45, 7) is 3.47. The van der Waals surface area contributed by atoms with Crippen molar-refractivity contribution in [3.05, 3.63) is 48.4 Å². The topological polar surface area (TPSA) is 119 Å². The second kappa shape index (κ2) is 9.72. The zero-order valence-electron chi connectivity index (χ0n) is 18.7. The molecule has 2 fully saturated rings. The summed E-state index contributed by atoms with van der Waals surface area (Å²) in [5, 5.41) is 13.8. The van der Waals surface area contributed by atoms with Gasteiger partial charge in [0.15, 0.2) is 0 Å². The summed E-state index contributed by atoms with van der Waals surface area (Å²) in [7, 11) is -1.61. The molecule has 1 atom stereocenters. The predicted octanol–water partition coefficient (Wildman–Crippen LogP) is 0.174. The lowest BCUT2D eigenvalue weighted by atomic mass is 9.92. The molecule has 1 unspecified atom stereocenters. The first-order valence-corrected chi connectivity index (χ1v) is 12.5. The van der Waals surface area contributed by atoms with Crippen LogP contribution in [0.15, 0.2) is 47.8 Å². The van der Waals surface area contributed by atoms with Gasteiger partial charge in [0.2, 0.25) is 10.0 Å². The van der Waals surface area contributed by atoms with Crippen molar-refractivity contribution in [2.75, 3.05) is 57.8 Å². The van der Waals surface area contributed by atoms with E-state index in [1.807, 2.05) is 11.9 Å². The van der Waals surface area contributed by atoms with E-state index < -0.39 is 15.6 Å². The van der Waals surface area contributed by atoms with Crippen LogP contribution in [0.5, 0.6) is 0 Å². The molecule has 2 N–H and O–H groups in total. The third-order valence-corrected chi connectivity index (χ3v) is 8.14. The Morgan fingerprint density at radius 3 is 2.52 bits per heavy atom. The number of aromatic nitrogens is 2. The number of carbonyl (C=O) groups is 1. The molecule has 10 nitrogen and oxygen atoms in total. The van der Waals surface area contributed by atoms with E-state index in [2.05, 4.69) is 20.2 Å². The number of piperazine rings is 1. The second-order valence-corrected chi connectivity index (χ2v) is 10.7. The highest BCUT2D eigenvalue weighted by atomic mass is 32.2. The number of piperidine rings is 1. The van der Waals surface area contributed by atoms with Gasteiger partial charge in [0, 0.05) is 63.8 Å². The van der Waals surface area contributed by atoms with Crippen molar-refractivity contribution < 1.29 is 18.3 Å². The van der Waals surface area contributed by atoms with Crippen molar-refractivity contribution in [1.82, 2.24) is 24.5 Å². The zero-order valence-corrected chi connectivity index (χ0v) is 19.5. The van der Waals surface area contributed by atoms with E-state index in [1.54, 1.807) is 18.6 Å². The normalized spacial score (nSPS) is 22.8. The van der Waals surface area contributed by atoms with Gasteiger partial charge in [-0.05, 0) is 44.2 Å². The molecule has 3 heterocycles. The number of likely N-dealkylation sites (N-methyl/N-ethyl adjacent to an activating group) is 1. The van der Waals surface area contributed by atoms with Gasteiger partial charge < -0.3 is 20.2 Å². The van der Waals surface area contributed by atoms with Crippen LogP contribution < -0.4 is 10.2 Å². The van der Waals surface area contributed by atoms with E-state index in [-0.39, 0.29) is 17.3 Å². The predicted molar refractivity (Wildman–Crippen MR) is 123 cm³/mol. The van der Waals surface area contributed by atoms with Gasteiger partial charge >= 0.3 is 0 Å². The Kier molecular flexibility index (Phi) is 6.94. The van der Waals surface area contributed by atoms with E-state index in [0.29, 0.717) is 50.5 Å². The summed E-state index contributed by atoms with van der Waals surface area (Å²) in [6.07, 6.45) is 6.19. The van der Waals surface area contributed by atoms with Crippen LogP contribution in [0.4, 0.5) is 5.82 Å². The van der Waals surface area contributed by atoms with Crippen LogP contribution in [0.3, 0.4) is 0 Å². The molecule has 0 radical (unpaired) electrons. The van der Waals surface area contributed by atoms with Crippen LogP contribution in [0.25, 0.3) is 0 Å². The van der Waals surface area contributed by atoms with Gasteiger partial charge in [-0.3, -0.25) is 9.78 Å². The number of benzene rings is 1. The Hall–Kier alpha value is -2.60. The number of nitrogens with zero attached hydrogens (tertiary/aromatic N) is 5. The molecule has 2 saturated heterocycles. The summed E-state index contributed by atoms with van der Waals surface area (Å²) in [6, 6.07) is 5.95. The lowest BCUT2D eigenvalue weighted by Crippen LogP contribution is -2.54. The molecule has 1 aromatic carbocycles. The maximum absolute atomic E-state index is 12.9. The van der Waals surface area contributed by atoms with Crippen LogP contribution in [0.1, 0.15) is 23.2 Å². The van der Waals surface area contributed by atoms with Crippen LogP contribution in [0.2, 0.25) is 0 Å². The summed E-state index contributed by atoms with van der Waals surface area (Å²) < 4.78 is 27.2. The van der Waals surface area contributed by atoms with Crippen LogP contribution in [0, 0.1) is 0 Å². The average molecular weight is 475 g/mol. The molecule has 4 rings (SSSR count). The Labute approximate surface area is 194 Å². The molecule has 1 aromatic heterocycles. The molecular weight excluding hydrogens is 444 g/mol. The number of anilines is 1. The van der Waals surface area contributed by atoms with Gasteiger partial charge in [-0.25, -0.2) is 13.4 Å². The third kappa shape index (κ3) is 5.49. The van der Waals surface area contributed by atoms with Crippen LogP contribution >= 0.6 is 0 Å². The molecule has 2 aliphatic rings. The summed E-state index contributed by atoms with van der Waals surface area (Å²) in [5.74, 6) is 0.336. The fraction of sp³-hybridized carbons (Fsp3) is 0.500. The average Bonchev–Trinajstić information content (AvgIpc) is 2.83. The van der Waals surface area contributed by atoms with Crippen molar-refractivity contribution in [3.8, 4) is 0 Å². The summed E-state index contributed by atoms with van der Waals surface area (Å²) >= 11 is 0. The molecular formula is C22H30N6O4S. The standard InChI is InChI=1S/C22H30N6O4S/c1-26-11-13-28(14-12-26)33(31,32)19-5-3-18(4-6-19)21(29)25-16-22(30)7-2-10-27(17-22)20-15-23-8-9-24-20/h3-6,8-9,15,30H,2,7,10-14,16-17H2,1H3,(H,25,29). The molecule has 2 aliphatic heterocycles. The van der Waals surface area contributed by atoms with Crippen LogP contribution in [-0.2, 0) is 10.0 Å². The van der Waals surface area contributed by atoms with E-state index in [0.717, 1.165) is 13.0 Å².